The topological polar surface area (TPSA) is 56.7 Å². The van der Waals surface area contributed by atoms with Gasteiger partial charge in [-0.1, -0.05) is 6.07 Å². The minimum absolute atomic E-state index is 0.281. The van der Waals surface area contributed by atoms with Gasteiger partial charge >= 0.3 is 0 Å². The minimum atomic E-state index is -0.619. The fourth-order valence-corrected chi connectivity index (χ4v) is 2.71. The maximum atomic E-state index is 14.2. The predicted molar refractivity (Wildman–Crippen MR) is 99.4 cm³/mol. The van der Waals surface area contributed by atoms with Crippen LogP contribution in [0.15, 0.2) is 41.4 Å². The van der Waals surface area contributed by atoms with Crippen LogP contribution in [0.3, 0.4) is 0 Å². The number of amides is 1. The number of nitrogens with one attached hydrogen (secondary N) is 2. The predicted octanol–water partition coefficient (Wildman–Crippen LogP) is 3.38. The molecular formula is C19H20F2N4O. The Bertz CT molecular complexity index is 851. The number of fused-ring (bicyclic) bond motifs is 1. The first-order valence-electron chi connectivity index (χ1n) is 8.26. The van der Waals surface area contributed by atoms with Gasteiger partial charge in [0.15, 0.2) is 0 Å². The number of anilines is 2. The summed E-state index contributed by atoms with van der Waals surface area (Å²) in [6, 6.07) is 8.74. The summed E-state index contributed by atoms with van der Waals surface area (Å²) in [4.78, 5) is 18.3. The Morgan fingerprint density at radius 2 is 2.04 bits per heavy atom. The van der Waals surface area contributed by atoms with Gasteiger partial charge < -0.3 is 15.5 Å². The Balaban J connectivity index is 1.71. The molecule has 0 bridgehead atoms. The maximum Gasteiger partial charge on any atom is 0.237 e. The molecule has 0 saturated heterocycles. The van der Waals surface area contributed by atoms with Gasteiger partial charge in [-0.2, -0.15) is 0 Å². The van der Waals surface area contributed by atoms with Crippen molar-refractivity contribution in [3.63, 3.8) is 0 Å². The van der Waals surface area contributed by atoms with Gasteiger partial charge in [-0.25, -0.2) is 8.78 Å². The third kappa shape index (κ3) is 4.05. The summed E-state index contributed by atoms with van der Waals surface area (Å²) in [7, 11) is 3.89. The monoisotopic (exact) mass is 358 g/mol. The fourth-order valence-electron chi connectivity index (χ4n) is 2.71. The number of carbonyl (C=O) groups excluding carboxylic acids is 1. The second-order valence-electron chi connectivity index (χ2n) is 6.37. The molecule has 0 spiro atoms. The highest BCUT2D eigenvalue weighted by Crippen LogP contribution is 2.32. The number of hydrogen-bond acceptors (Lipinski definition) is 4. The number of likely N-dealkylation sites (N-methyl/N-ethyl adjacent to an activating group) is 1. The summed E-state index contributed by atoms with van der Waals surface area (Å²) in [6.45, 7) is 1.41. The van der Waals surface area contributed by atoms with Crippen molar-refractivity contribution in [1.82, 2.24) is 4.90 Å². The van der Waals surface area contributed by atoms with Crippen molar-refractivity contribution in [3.8, 4) is 0 Å². The van der Waals surface area contributed by atoms with E-state index in [1.807, 2.05) is 19.0 Å². The largest absolute Gasteiger partial charge is 0.381 e. The van der Waals surface area contributed by atoms with E-state index >= 15 is 0 Å². The van der Waals surface area contributed by atoms with Gasteiger partial charge in [-0.3, -0.25) is 9.79 Å². The van der Waals surface area contributed by atoms with Crippen LogP contribution in [-0.2, 0) is 4.79 Å². The smallest absolute Gasteiger partial charge is 0.237 e. The first kappa shape index (κ1) is 18.0. The van der Waals surface area contributed by atoms with E-state index < -0.39 is 17.6 Å². The maximum absolute atomic E-state index is 14.2. The van der Waals surface area contributed by atoms with E-state index in [2.05, 4.69) is 15.6 Å². The number of benzene rings is 2. The SMILES string of the molecule is CN(C)CCNc1ccc(N=CC2C(=O)Nc3cc(F)ccc32)cc1F. The van der Waals surface area contributed by atoms with Gasteiger partial charge in [0.05, 0.1) is 11.4 Å². The first-order chi connectivity index (χ1) is 12.4. The molecule has 0 radical (unpaired) electrons. The van der Waals surface area contributed by atoms with Crippen molar-refractivity contribution in [2.24, 2.45) is 4.99 Å². The molecule has 1 heterocycles. The summed E-state index contributed by atoms with van der Waals surface area (Å²) in [5.41, 5.74) is 1.91. The highest BCUT2D eigenvalue weighted by atomic mass is 19.1. The second kappa shape index (κ2) is 7.61. The lowest BCUT2D eigenvalue weighted by Crippen LogP contribution is -2.21. The molecule has 1 atom stereocenters. The second-order valence-corrected chi connectivity index (χ2v) is 6.37. The molecule has 2 N–H and O–H groups in total. The summed E-state index contributed by atoms with van der Waals surface area (Å²) in [5.74, 6) is -1.72. The Kier molecular flexibility index (Phi) is 5.27. The number of halogens is 2. The van der Waals surface area contributed by atoms with Crippen molar-refractivity contribution < 1.29 is 13.6 Å². The lowest BCUT2D eigenvalue weighted by Gasteiger charge is -2.12. The van der Waals surface area contributed by atoms with Crippen molar-refractivity contribution in [3.05, 3.63) is 53.6 Å². The van der Waals surface area contributed by atoms with Crippen LogP contribution >= 0.6 is 0 Å². The molecule has 26 heavy (non-hydrogen) atoms. The molecule has 5 nitrogen and oxygen atoms in total. The van der Waals surface area contributed by atoms with E-state index in [1.165, 1.54) is 24.4 Å². The number of nitrogens with zero attached hydrogens (tertiary/aromatic N) is 2. The van der Waals surface area contributed by atoms with E-state index in [1.54, 1.807) is 18.2 Å². The molecule has 0 aromatic heterocycles. The molecule has 2 aromatic carbocycles. The van der Waals surface area contributed by atoms with Gasteiger partial charge in [0, 0.05) is 31.1 Å². The number of aliphatic imine (C=N–C) groups is 1. The van der Waals surface area contributed by atoms with Gasteiger partial charge in [0.25, 0.3) is 0 Å². The van der Waals surface area contributed by atoms with E-state index in [4.69, 9.17) is 0 Å². The van der Waals surface area contributed by atoms with E-state index in [0.717, 1.165) is 6.54 Å². The summed E-state index contributed by atoms with van der Waals surface area (Å²) < 4.78 is 27.4. The van der Waals surface area contributed by atoms with Crippen LogP contribution in [-0.4, -0.2) is 44.2 Å². The molecular weight excluding hydrogens is 338 g/mol. The Morgan fingerprint density at radius 1 is 1.23 bits per heavy atom. The average molecular weight is 358 g/mol. The summed E-state index contributed by atoms with van der Waals surface area (Å²) >= 11 is 0. The van der Waals surface area contributed by atoms with Crippen LogP contribution in [0.4, 0.5) is 25.8 Å². The molecule has 0 saturated carbocycles. The highest BCUT2D eigenvalue weighted by Gasteiger charge is 2.29. The normalized spacial score (nSPS) is 16.2. The molecule has 0 aliphatic carbocycles. The minimum Gasteiger partial charge on any atom is -0.381 e. The molecule has 0 fully saturated rings. The van der Waals surface area contributed by atoms with Crippen molar-refractivity contribution in [2.45, 2.75) is 5.92 Å². The highest BCUT2D eigenvalue weighted by molar-refractivity contribution is 6.12. The van der Waals surface area contributed by atoms with Crippen LogP contribution in [0, 0.1) is 11.6 Å². The van der Waals surface area contributed by atoms with Crippen molar-refractivity contribution in [1.29, 1.82) is 0 Å². The van der Waals surface area contributed by atoms with Gasteiger partial charge in [0.2, 0.25) is 5.91 Å². The van der Waals surface area contributed by atoms with Crippen LogP contribution < -0.4 is 10.6 Å². The number of carbonyl (C=O) groups is 1. The molecule has 1 aliphatic heterocycles. The zero-order valence-corrected chi connectivity index (χ0v) is 14.6. The Morgan fingerprint density at radius 3 is 2.77 bits per heavy atom. The molecule has 2 aromatic rings. The van der Waals surface area contributed by atoms with E-state index in [9.17, 15) is 13.6 Å². The van der Waals surface area contributed by atoms with Crippen LogP contribution in [0.1, 0.15) is 11.5 Å². The third-order valence-corrected chi connectivity index (χ3v) is 4.09. The third-order valence-electron chi connectivity index (χ3n) is 4.09. The number of rotatable bonds is 6. The Hall–Kier alpha value is -2.80. The molecule has 7 heteroatoms. The fraction of sp³-hybridized carbons (Fsp3) is 0.263. The van der Waals surface area contributed by atoms with Gasteiger partial charge in [-0.05, 0) is 43.9 Å². The zero-order valence-electron chi connectivity index (χ0n) is 14.6. The molecule has 1 aliphatic rings. The van der Waals surface area contributed by atoms with E-state index in [-0.39, 0.29) is 5.91 Å². The van der Waals surface area contributed by atoms with Crippen LogP contribution in [0.25, 0.3) is 0 Å². The average Bonchev–Trinajstić information content (AvgIpc) is 2.88. The van der Waals surface area contributed by atoms with Crippen LogP contribution in [0.2, 0.25) is 0 Å². The number of hydrogen-bond donors (Lipinski definition) is 2. The van der Waals surface area contributed by atoms with E-state index in [0.29, 0.717) is 29.2 Å². The molecule has 1 amide bonds. The lowest BCUT2D eigenvalue weighted by atomic mass is 10.0. The summed E-state index contributed by atoms with van der Waals surface area (Å²) in [5, 5.41) is 5.64. The molecule has 136 valence electrons. The standard InChI is InChI=1S/C19H20F2N4O/c1-25(2)8-7-22-17-6-4-13(10-16(17)21)23-11-15-14-5-3-12(20)9-18(14)24-19(15)26/h3-6,9-11,15,22H,7-8H2,1-2H3,(H,24,26). The van der Waals surface area contributed by atoms with Crippen LogP contribution in [0.5, 0.6) is 0 Å². The lowest BCUT2D eigenvalue weighted by molar-refractivity contribution is -0.115. The molecule has 1 unspecified atom stereocenters. The first-order valence-corrected chi connectivity index (χ1v) is 8.26. The zero-order chi connectivity index (χ0) is 18.7. The van der Waals surface area contributed by atoms with Crippen molar-refractivity contribution in [2.75, 3.05) is 37.8 Å². The quantitative estimate of drug-likeness (QED) is 0.779. The summed E-state index contributed by atoms with van der Waals surface area (Å²) in [6.07, 6.45) is 1.45. The Labute approximate surface area is 150 Å². The van der Waals surface area contributed by atoms with Crippen molar-refractivity contribution >= 4 is 29.2 Å². The molecule has 3 rings (SSSR count). The van der Waals surface area contributed by atoms with Gasteiger partial charge in [-0.15, -0.1) is 0 Å². The van der Waals surface area contributed by atoms with Gasteiger partial charge in [0.1, 0.15) is 17.6 Å².